The van der Waals surface area contributed by atoms with Crippen LogP contribution in [0.1, 0.15) is 11.7 Å². The number of rotatable bonds is 3. The summed E-state index contributed by atoms with van der Waals surface area (Å²) >= 11 is 0. The summed E-state index contributed by atoms with van der Waals surface area (Å²) < 4.78 is 10.8. The molecule has 0 saturated carbocycles. The van der Waals surface area contributed by atoms with Crippen LogP contribution in [0, 0.1) is 0 Å². The van der Waals surface area contributed by atoms with Crippen molar-refractivity contribution in [3.8, 4) is 5.75 Å². The van der Waals surface area contributed by atoms with Crippen LogP contribution in [0.3, 0.4) is 0 Å². The Balaban J connectivity index is 1.97. The highest BCUT2D eigenvalue weighted by Gasteiger charge is 2.21. The first-order chi connectivity index (χ1) is 7.83. The molecule has 88 valence electrons. The Morgan fingerprint density at radius 2 is 2.19 bits per heavy atom. The molecule has 1 aliphatic heterocycles. The Kier molecular flexibility index (Phi) is 3.77. The van der Waals surface area contributed by atoms with E-state index in [9.17, 15) is 0 Å². The van der Waals surface area contributed by atoms with Gasteiger partial charge in [-0.3, -0.25) is 0 Å². The van der Waals surface area contributed by atoms with Gasteiger partial charge >= 0.3 is 0 Å². The second kappa shape index (κ2) is 5.30. The number of benzene rings is 1. The highest BCUT2D eigenvalue weighted by molar-refractivity contribution is 5.28. The summed E-state index contributed by atoms with van der Waals surface area (Å²) in [5.74, 6) is 0.848. The lowest BCUT2D eigenvalue weighted by Gasteiger charge is -2.29. The minimum atomic E-state index is 0.0636. The van der Waals surface area contributed by atoms with Gasteiger partial charge in [0.15, 0.2) is 0 Å². The second-order valence-electron chi connectivity index (χ2n) is 3.88. The van der Waals surface area contributed by atoms with E-state index in [1.54, 1.807) is 7.11 Å². The maximum atomic E-state index is 8.96. The van der Waals surface area contributed by atoms with Gasteiger partial charge < -0.3 is 19.9 Å². The molecular formula is C12H17NO3. The van der Waals surface area contributed by atoms with E-state index in [0.29, 0.717) is 6.61 Å². The third-order valence-corrected chi connectivity index (χ3v) is 2.80. The molecule has 1 fully saturated rings. The van der Waals surface area contributed by atoms with E-state index in [2.05, 4.69) is 5.32 Å². The summed E-state index contributed by atoms with van der Waals surface area (Å²) in [4.78, 5) is 0. The van der Waals surface area contributed by atoms with Crippen molar-refractivity contribution in [2.45, 2.75) is 12.1 Å². The average Bonchev–Trinajstić information content (AvgIpc) is 2.39. The first-order valence-corrected chi connectivity index (χ1v) is 5.43. The zero-order valence-corrected chi connectivity index (χ0v) is 9.35. The minimum absolute atomic E-state index is 0.0636. The Bertz CT molecular complexity index is 318. The molecule has 0 radical (unpaired) electrons. The number of ether oxygens (including phenoxy) is 2. The van der Waals surface area contributed by atoms with E-state index < -0.39 is 0 Å². The third-order valence-electron chi connectivity index (χ3n) is 2.80. The van der Waals surface area contributed by atoms with Crippen LogP contribution in [0.2, 0.25) is 0 Å². The Hall–Kier alpha value is -1.10. The van der Waals surface area contributed by atoms with Crippen molar-refractivity contribution >= 4 is 0 Å². The summed E-state index contributed by atoms with van der Waals surface area (Å²) in [7, 11) is 1.65. The van der Waals surface area contributed by atoms with Crippen LogP contribution in [0.4, 0.5) is 0 Å². The van der Waals surface area contributed by atoms with Gasteiger partial charge in [0.05, 0.1) is 32.5 Å². The summed E-state index contributed by atoms with van der Waals surface area (Å²) in [5, 5.41) is 12.2. The largest absolute Gasteiger partial charge is 0.497 e. The van der Waals surface area contributed by atoms with Gasteiger partial charge in [0.2, 0.25) is 0 Å². The lowest BCUT2D eigenvalue weighted by Crippen LogP contribution is -2.44. The van der Waals surface area contributed by atoms with Crippen molar-refractivity contribution in [3.63, 3.8) is 0 Å². The standard InChI is InChI=1S/C12H17NO3/c1-15-11-4-2-9(3-5-11)12-6-13-10(7-14)8-16-12/h2-5,10,12-14H,6-8H2,1H3. The van der Waals surface area contributed by atoms with E-state index in [4.69, 9.17) is 14.6 Å². The van der Waals surface area contributed by atoms with Gasteiger partial charge in [-0.25, -0.2) is 0 Å². The molecule has 2 atom stereocenters. The molecular weight excluding hydrogens is 206 g/mol. The van der Waals surface area contributed by atoms with E-state index in [1.165, 1.54) is 0 Å². The Morgan fingerprint density at radius 3 is 2.69 bits per heavy atom. The van der Waals surface area contributed by atoms with Gasteiger partial charge in [-0.2, -0.15) is 0 Å². The third kappa shape index (κ3) is 2.52. The molecule has 2 N–H and O–H groups in total. The summed E-state index contributed by atoms with van der Waals surface area (Å²) in [6.07, 6.45) is 0.0636. The minimum Gasteiger partial charge on any atom is -0.497 e. The molecule has 0 amide bonds. The zero-order chi connectivity index (χ0) is 11.4. The van der Waals surface area contributed by atoms with E-state index >= 15 is 0 Å². The fourth-order valence-corrected chi connectivity index (χ4v) is 1.77. The molecule has 1 aliphatic rings. The summed E-state index contributed by atoms with van der Waals surface area (Å²) in [6, 6.07) is 7.93. The fraction of sp³-hybridized carbons (Fsp3) is 0.500. The number of nitrogens with one attached hydrogen (secondary N) is 1. The van der Waals surface area contributed by atoms with Crippen LogP contribution >= 0.6 is 0 Å². The van der Waals surface area contributed by atoms with E-state index in [-0.39, 0.29) is 18.8 Å². The van der Waals surface area contributed by atoms with E-state index in [1.807, 2.05) is 24.3 Å². The van der Waals surface area contributed by atoms with Crippen LogP contribution in [-0.2, 0) is 4.74 Å². The maximum absolute atomic E-state index is 8.96. The number of methoxy groups -OCH3 is 1. The van der Waals surface area contributed by atoms with Gasteiger partial charge in [0.1, 0.15) is 5.75 Å². The Labute approximate surface area is 95.2 Å². The number of hydrogen-bond donors (Lipinski definition) is 2. The molecule has 0 aliphatic carbocycles. The van der Waals surface area contributed by atoms with Gasteiger partial charge in [-0.1, -0.05) is 12.1 Å². The molecule has 2 rings (SSSR count). The van der Waals surface area contributed by atoms with Crippen molar-refractivity contribution in [1.29, 1.82) is 0 Å². The first kappa shape index (κ1) is 11.4. The van der Waals surface area contributed by atoms with Crippen molar-refractivity contribution < 1.29 is 14.6 Å². The molecule has 1 saturated heterocycles. The van der Waals surface area contributed by atoms with Gasteiger partial charge in [-0.05, 0) is 17.7 Å². The lowest BCUT2D eigenvalue weighted by atomic mass is 10.1. The molecule has 1 heterocycles. The molecule has 0 bridgehead atoms. The molecule has 1 aromatic carbocycles. The fourth-order valence-electron chi connectivity index (χ4n) is 1.77. The van der Waals surface area contributed by atoms with Crippen molar-refractivity contribution in [2.24, 2.45) is 0 Å². The average molecular weight is 223 g/mol. The zero-order valence-electron chi connectivity index (χ0n) is 9.35. The van der Waals surface area contributed by atoms with Gasteiger partial charge in [0, 0.05) is 6.54 Å². The Morgan fingerprint density at radius 1 is 1.44 bits per heavy atom. The highest BCUT2D eigenvalue weighted by atomic mass is 16.5. The normalized spacial score (nSPS) is 25.4. The second-order valence-corrected chi connectivity index (χ2v) is 3.88. The molecule has 2 unspecified atom stereocenters. The predicted octanol–water partition coefficient (Wildman–Crippen LogP) is 0.717. The molecule has 1 aromatic rings. The lowest BCUT2D eigenvalue weighted by molar-refractivity contribution is -0.00953. The van der Waals surface area contributed by atoms with Crippen molar-refractivity contribution in [1.82, 2.24) is 5.32 Å². The maximum Gasteiger partial charge on any atom is 0.118 e. The van der Waals surface area contributed by atoms with E-state index in [0.717, 1.165) is 17.9 Å². The quantitative estimate of drug-likeness (QED) is 0.792. The molecule has 4 nitrogen and oxygen atoms in total. The number of hydrogen-bond acceptors (Lipinski definition) is 4. The predicted molar refractivity (Wildman–Crippen MR) is 60.6 cm³/mol. The van der Waals surface area contributed by atoms with Crippen LogP contribution in [-0.4, -0.2) is 38.0 Å². The highest BCUT2D eigenvalue weighted by Crippen LogP contribution is 2.22. The molecule has 0 aromatic heterocycles. The molecule has 16 heavy (non-hydrogen) atoms. The SMILES string of the molecule is COc1ccc(C2CNC(CO)CO2)cc1. The van der Waals surface area contributed by atoms with Gasteiger partial charge in [-0.15, -0.1) is 0 Å². The molecule has 4 heteroatoms. The van der Waals surface area contributed by atoms with Crippen LogP contribution in [0.5, 0.6) is 5.75 Å². The smallest absolute Gasteiger partial charge is 0.118 e. The van der Waals surface area contributed by atoms with Crippen molar-refractivity contribution in [2.75, 3.05) is 26.9 Å². The first-order valence-electron chi connectivity index (χ1n) is 5.43. The summed E-state index contributed by atoms with van der Waals surface area (Å²) in [5.41, 5.74) is 1.13. The topological polar surface area (TPSA) is 50.7 Å². The van der Waals surface area contributed by atoms with Crippen LogP contribution in [0.15, 0.2) is 24.3 Å². The number of aliphatic hydroxyl groups excluding tert-OH is 1. The van der Waals surface area contributed by atoms with Crippen LogP contribution in [0.25, 0.3) is 0 Å². The molecule has 0 spiro atoms. The van der Waals surface area contributed by atoms with Crippen LogP contribution < -0.4 is 10.1 Å². The van der Waals surface area contributed by atoms with Gasteiger partial charge in [0.25, 0.3) is 0 Å². The number of morpholine rings is 1. The van der Waals surface area contributed by atoms with Crippen molar-refractivity contribution in [3.05, 3.63) is 29.8 Å². The number of aliphatic hydroxyl groups is 1. The summed E-state index contributed by atoms with van der Waals surface area (Å²) in [6.45, 7) is 1.40. The monoisotopic (exact) mass is 223 g/mol.